The lowest BCUT2D eigenvalue weighted by atomic mass is 10.1. The molecular weight excluding hydrogens is 174 g/mol. The maximum atomic E-state index is 11.1. The molecule has 0 spiro atoms. The van der Waals surface area contributed by atoms with Crippen LogP contribution in [0.4, 0.5) is 0 Å². The minimum atomic E-state index is -0.0741. The van der Waals surface area contributed by atoms with Gasteiger partial charge in [0.15, 0.2) is 0 Å². The van der Waals surface area contributed by atoms with Crippen molar-refractivity contribution in [3.05, 3.63) is 22.1 Å². The predicted octanol–water partition coefficient (Wildman–Crippen LogP) is 0.208. The molecule has 0 radical (unpaired) electrons. The Kier molecular flexibility index (Phi) is 2.05. The van der Waals surface area contributed by atoms with Crippen molar-refractivity contribution in [2.24, 2.45) is 0 Å². The number of nitrogens with one attached hydrogen (secondary N) is 2. The van der Waals surface area contributed by atoms with E-state index in [1.165, 1.54) is 0 Å². The van der Waals surface area contributed by atoms with Crippen molar-refractivity contribution in [2.45, 2.75) is 6.42 Å². The normalized spacial score (nSPS) is 17.5. The lowest BCUT2D eigenvalue weighted by molar-refractivity contribution is 0.737. The van der Waals surface area contributed by atoms with Crippen LogP contribution in [0.3, 0.4) is 0 Å². The van der Waals surface area contributed by atoms with E-state index in [0.717, 1.165) is 36.8 Å². The minimum absolute atomic E-state index is 0.0741. The third kappa shape index (κ3) is 1.33. The number of hydrogen-bond donors (Lipinski definition) is 2. The van der Waals surface area contributed by atoms with E-state index in [2.05, 4.69) is 20.1 Å². The summed E-state index contributed by atoms with van der Waals surface area (Å²) >= 11 is 1.10. The van der Waals surface area contributed by atoms with Gasteiger partial charge in [-0.05, 0) is 18.5 Å². The van der Waals surface area contributed by atoms with Gasteiger partial charge in [-0.1, -0.05) is 6.08 Å². The van der Waals surface area contributed by atoms with Gasteiger partial charge in [-0.2, -0.15) is 4.37 Å². The van der Waals surface area contributed by atoms with E-state index in [4.69, 9.17) is 0 Å². The second kappa shape index (κ2) is 3.20. The summed E-state index contributed by atoms with van der Waals surface area (Å²) in [6.07, 6.45) is 3.05. The van der Waals surface area contributed by atoms with E-state index in [1.807, 2.05) is 0 Å². The number of aromatic nitrogens is 2. The molecule has 0 saturated heterocycles. The number of nitrogens with zero attached hydrogens (tertiary/aromatic N) is 1. The summed E-state index contributed by atoms with van der Waals surface area (Å²) in [6.45, 7) is 1.75. The monoisotopic (exact) mass is 183 g/mol. The quantitative estimate of drug-likeness (QED) is 0.654. The molecule has 0 fully saturated rings. The fourth-order valence-electron chi connectivity index (χ4n) is 1.23. The Balaban J connectivity index is 2.36. The Morgan fingerprint density at radius 3 is 3.08 bits per heavy atom. The molecule has 0 amide bonds. The average Bonchev–Trinajstić information content (AvgIpc) is 2.53. The molecule has 0 atom stereocenters. The van der Waals surface area contributed by atoms with Crippen molar-refractivity contribution in [1.29, 1.82) is 0 Å². The Morgan fingerprint density at radius 1 is 1.58 bits per heavy atom. The fraction of sp³-hybridized carbons (Fsp3) is 0.429. The van der Waals surface area contributed by atoms with E-state index in [0.29, 0.717) is 5.69 Å². The Hall–Kier alpha value is -0.940. The third-order valence-corrected chi connectivity index (χ3v) is 2.37. The first kappa shape index (κ1) is 7.70. The van der Waals surface area contributed by atoms with Crippen LogP contribution in [0.5, 0.6) is 0 Å². The van der Waals surface area contributed by atoms with Crippen LogP contribution < -0.4 is 10.9 Å². The molecule has 0 aromatic carbocycles. The summed E-state index contributed by atoms with van der Waals surface area (Å²) in [6, 6.07) is 0. The highest BCUT2D eigenvalue weighted by Crippen LogP contribution is 2.10. The van der Waals surface area contributed by atoms with Gasteiger partial charge in [0.2, 0.25) is 0 Å². The molecular formula is C7H9N3OS. The van der Waals surface area contributed by atoms with E-state index in [-0.39, 0.29) is 5.56 Å². The zero-order chi connectivity index (χ0) is 8.39. The van der Waals surface area contributed by atoms with Crippen molar-refractivity contribution in [3.8, 4) is 0 Å². The summed E-state index contributed by atoms with van der Waals surface area (Å²) < 4.78 is 6.58. The number of aromatic amines is 1. The number of rotatable bonds is 1. The highest BCUT2D eigenvalue weighted by Gasteiger charge is 2.10. The molecule has 0 saturated carbocycles. The molecule has 2 rings (SSSR count). The summed E-state index contributed by atoms with van der Waals surface area (Å²) in [5.74, 6) is 0. The molecule has 4 nitrogen and oxygen atoms in total. The first-order valence-electron chi connectivity index (χ1n) is 3.82. The van der Waals surface area contributed by atoms with Gasteiger partial charge < -0.3 is 5.32 Å². The van der Waals surface area contributed by atoms with E-state index in [9.17, 15) is 4.79 Å². The fourth-order valence-corrected chi connectivity index (χ4v) is 1.74. The van der Waals surface area contributed by atoms with Gasteiger partial charge >= 0.3 is 0 Å². The van der Waals surface area contributed by atoms with Crippen LogP contribution in [0.25, 0.3) is 5.57 Å². The number of hydrogen-bond acceptors (Lipinski definition) is 4. The first-order valence-corrected chi connectivity index (χ1v) is 4.60. The SMILES string of the molecule is O=c1[nH]snc1C1=CCCNC1. The van der Waals surface area contributed by atoms with E-state index in [1.54, 1.807) is 0 Å². The maximum Gasteiger partial charge on any atom is 0.285 e. The van der Waals surface area contributed by atoms with Crippen LogP contribution in [0.1, 0.15) is 12.1 Å². The largest absolute Gasteiger partial charge is 0.312 e. The highest BCUT2D eigenvalue weighted by atomic mass is 32.1. The van der Waals surface area contributed by atoms with Crippen molar-refractivity contribution >= 4 is 17.3 Å². The van der Waals surface area contributed by atoms with Crippen LogP contribution in [0.2, 0.25) is 0 Å². The standard InChI is InChI=1S/C7H9N3OS/c11-7-6(9-12-10-7)5-2-1-3-8-4-5/h2,8H,1,3-4H2,(H,10,11). The van der Waals surface area contributed by atoms with Crippen LogP contribution in [-0.4, -0.2) is 21.8 Å². The smallest absolute Gasteiger partial charge is 0.285 e. The molecule has 1 aromatic heterocycles. The van der Waals surface area contributed by atoms with Gasteiger partial charge in [-0.15, -0.1) is 0 Å². The highest BCUT2D eigenvalue weighted by molar-refractivity contribution is 6.99. The summed E-state index contributed by atoms with van der Waals surface area (Å²) in [4.78, 5) is 11.1. The van der Waals surface area contributed by atoms with Gasteiger partial charge in [0.25, 0.3) is 5.56 Å². The zero-order valence-corrected chi connectivity index (χ0v) is 7.28. The lowest BCUT2D eigenvalue weighted by Gasteiger charge is -2.10. The average molecular weight is 183 g/mol. The van der Waals surface area contributed by atoms with Crippen LogP contribution in [0, 0.1) is 0 Å². The minimum Gasteiger partial charge on any atom is -0.312 e. The van der Waals surface area contributed by atoms with Gasteiger partial charge in [-0.3, -0.25) is 9.17 Å². The zero-order valence-electron chi connectivity index (χ0n) is 6.46. The van der Waals surface area contributed by atoms with Gasteiger partial charge in [-0.25, -0.2) is 0 Å². The Bertz CT molecular complexity index is 352. The molecule has 1 aliphatic rings. The summed E-state index contributed by atoms with van der Waals surface area (Å²) in [7, 11) is 0. The third-order valence-electron chi connectivity index (χ3n) is 1.82. The van der Waals surface area contributed by atoms with Crippen LogP contribution in [0.15, 0.2) is 10.9 Å². The molecule has 1 aromatic rings. The summed E-state index contributed by atoms with van der Waals surface area (Å²) in [5, 5.41) is 3.19. The molecule has 5 heteroatoms. The predicted molar refractivity (Wildman–Crippen MR) is 48.2 cm³/mol. The van der Waals surface area contributed by atoms with Crippen molar-refractivity contribution in [3.63, 3.8) is 0 Å². The van der Waals surface area contributed by atoms with Crippen LogP contribution in [-0.2, 0) is 0 Å². The first-order chi connectivity index (χ1) is 5.88. The Morgan fingerprint density at radius 2 is 2.50 bits per heavy atom. The van der Waals surface area contributed by atoms with Crippen molar-refractivity contribution < 1.29 is 0 Å². The second-order valence-electron chi connectivity index (χ2n) is 2.66. The van der Waals surface area contributed by atoms with E-state index >= 15 is 0 Å². The van der Waals surface area contributed by atoms with E-state index < -0.39 is 0 Å². The van der Waals surface area contributed by atoms with Gasteiger partial charge in [0.05, 0.1) is 0 Å². The number of H-pyrrole nitrogens is 1. The molecule has 0 bridgehead atoms. The van der Waals surface area contributed by atoms with Gasteiger partial charge in [0, 0.05) is 18.3 Å². The van der Waals surface area contributed by atoms with Crippen molar-refractivity contribution in [2.75, 3.05) is 13.1 Å². The molecule has 2 heterocycles. The second-order valence-corrected chi connectivity index (χ2v) is 3.23. The molecule has 1 aliphatic heterocycles. The maximum absolute atomic E-state index is 11.1. The Labute approximate surface area is 73.6 Å². The molecule has 0 unspecified atom stereocenters. The molecule has 0 aliphatic carbocycles. The molecule has 2 N–H and O–H groups in total. The molecule has 64 valence electrons. The van der Waals surface area contributed by atoms with Crippen LogP contribution >= 0.6 is 11.7 Å². The summed E-state index contributed by atoms with van der Waals surface area (Å²) in [5.41, 5.74) is 1.52. The topological polar surface area (TPSA) is 57.8 Å². The van der Waals surface area contributed by atoms with Gasteiger partial charge in [0.1, 0.15) is 5.69 Å². The molecule has 12 heavy (non-hydrogen) atoms. The lowest BCUT2D eigenvalue weighted by Crippen LogP contribution is -2.23. The van der Waals surface area contributed by atoms with Crippen molar-refractivity contribution in [1.82, 2.24) is 14.1 Å².